The molecule has 2 heterocycles. The molecule has 7 nitrogen and oxygen atoms in total. The number of anilines is 2. The highest BCUT2D eigenvalue weighted by atomic mass is 16.5. The average molecular weight is 456 g/mol. The van der Waals surface area contributed by atoms with E-state index in [4.69, 9.17) is 4.74 Å². The standard InChI is InChI=1S/C27H25N3O4/c1-18-11-13-19(14-12-18)34-23-10-6-4-8-21(23)28-24(31)17-29-26(33)20-7-3-5-9-22(20)30-25(32)15-16-27(29,30)2/h3-14H,15-17H2,1-2H3,(H,28,31). The van der Waals surface area contributed by atoms with Crippen molar-refractivity contribution in [1.82, 2.24) is 4.90 Å². The molecule has 1 unspecified atom stereocenters. The van der Waals surface area contributed by atoms with Gasteiger partial charge in [0.25, 0.3) is 5.91 Å². The summed E-state index contributed by atoms with van der Waals surface area (Å²) >= 11 is 0. The molecule has 2 aliphatic rings. The number of nitrogens with zero attached hydrogens (tertiary/aromatic N) is 2. The Bertz CT molecular complexity index is 1290. The third-order valence-electron chi connectivity index (χ3n) is 6.46. The van der Waals surface area contributed by atoms with Crippen molar-refractivity contribution >= 4 is 29.1 Å². The molecule has 7 heteroatoms. The zero-order valence-corrected chi connectivity index (χ0v) is 19.1. The van der Waals surface area contributed by atoms with Crippen LogP contribution >= 0.6 is 0 Å². The smallest absolute Gasteiger partial charge is 0.258 e. The Labute approximate surface area is 197 Å². The van der Waals surface area contributed by atoms with E-state index < -0.39 is 5.66 Å². The van der Waals surface area contributed by atoms with Gasteiger partial charge in [-0.25, -0.2) is 0 Å². The van der Waals surface area contributed by atoms with Crippen molar-refractivity contribution in [2.24, 2.45) is 0 Å². The first-order chi connectivity index (χ1) is 16.4. The predicted molar refractivity (Wildman–Crippen MR) is 129 cm³/mol. The second-order valence-corrected chi connectivity index (χ2v) is 8.81. The first-order valence-electron chi connectivity index (χ1n) is 11.2. The third kappa shape index (κ3) is 3.69. The monoisotopic (exact) mass is 455 g/mol. The number of ether oxygens (including phenoxy) is 1. The number of rotatable bonds is 5. The van der Waals surface area contributed by atoms with Crippen molar-refractivity contribution in [3.63, 3.8) is 0 Å². The van der Waals surface area contributed by atoms with Crippen LogP contribution in [0.25, 0.3) is 0 Å². The number of carbonyl (C=O) groups excluding carboxylic acids is 3. The molecule has 2 aliphatic heterocycles. The maximum Gasteiger partial charge on any atom is 0.258 e. The Morgan fingerprint density at radius 1 is 1.00 bits per heavy atom. The van der Waals surface area contributed by atoms with Crippen LogP contribution in [0, 0.1) is 6.92 Å². The van der Waals surface area contributed by atoms with Gasteiger partial charge in [-0.05, 0) is 56.7 Å². The van der Waals surface area contributed by atoms with E-state index in [0.717, 1.165) is 5.56 Å². The Kier molecular flexibility index (Phi) is 5.32. The topological polar surface area (TPSA) is 79.0 Å². The van der Waals surface area contributed by atoms with Crippen LogP contribution in [-0.2, 0) is 9.59 Å². The van der Waals surface area contributed by atoms with Crippen molar-refractivity contribution in [3.05, 3.63) is 83.9 Å². The maximum absolute atomic E-state index is 13.4. The highest BCUT2D eigenvalue weighted by molar-refractivity contribution is 6.11. The van der Waals surface area contributed by atoms with E-state index in [2.05, 4.69) is 5.32 Å². The van der Waals surface area contributed by atoms with E-state index >= 15 is 0 Å². The van der Waals surface area contributed by atoms with Crippen molar-refractivity contribution in [3.8, 4) is 11.5 Å². The summed E-state index contributed by atoms with van der Waals surface area (Å²) in [6.07, 6.45) is 0.787. The van der Waals surface area contributed by atoms with Gasteiger partial charge in [-0.2, -0.15) is 0 Å². The summed E-state index contributed by atoms with van der Waals surface area (Å²) < 4.78 is 5.98. The van der Waals surface area contributed by atoms with Crippen molar-refractivity contribution in [1.29, 1.82) is 0 Å². The highest BCUT2D eigenvalue weighted by Crippen LogP contribution is 2.44. The van der Waals surface area contributed by atoms with Crippen LogP contribution < -0.4 is 15.0 Å². The minimum absolute atomic E-state index is 0.0512. The largest absolute Gasteiger partial charge is 0.455 e. The van der Waals surface area contributed by atoms with E-state index in [1.54, 1.807) is 41.3 Å². The number of amides is 3. The van der Waals surface area contributed by atoms with Gasteiger partial charge in [0.05, 0.1) is 16.9 Å². The van der Waals surface area contributed by atoms with E-state index in [0.29, 0.717) is 41.3 Å². The maximum atomic E-state index is 13.4. The molecule has 1 saturated heterocycles. The second-order valence-electron chi connectivity index (χ2n) is 8.81. The molecule has 0 saturated carbocycles. The van der Waals surface area contributed by atoms with Crippen LogP contribution in [0.5, 0.6) is 11.5 Å². The van der Waals surface area contributed by atoms with Crippen molar-refractivity contribution in [2.45, 2.75) is 32.4 Å². The van der Waals surface area contributed by atoms with Crippen molar-refractivity contribution in [2.75, 3.05) is 16.8 Å². The Balaban J connectivity index is 1.39. The van der Waals surface area contributed by atoms with Crippen LogP contribution in [0.1, 0.15) is 35.7 Å². The summed E-state index contributed by atoms with van der Waals surface area (Å²) in [7, 11) is 0. The van der Waals surface area contributed by atoms with Gasteiger partial charge in [-0.3, -0.25) is 19.3 Å². The normalized spacial score (nSPS) is 19.0. The van der Waals surface area contributed by atoms with Gasteiger partial charge in [0, 0.05) is 6.42 Å². The number of hydrogen-bond donors (Lipinski definition) is 1. The molecular formula is C27H25N3O4. The lowest BCUT2D eigenvalue weighted by Gasteiger charge is -2.48. The fraction of sp³-hybridized carbons (Fsp3) is 0.222. The molecule has 1 N–H and O–H groups in total. The molecule has 0 aliphatic carbocycles. The Morgan fingerprint density at radius 2 is 1.71 bits per heavy atom. The molecule has 1 fully saturated rings. The number of aryl methyl sites for hydroxylation is 1. The molecule has 172 valence electrons. The molecule has 34 heavy (non-hydrogen) atoms. The fourth-order valence-electron chi connectivity index (χ4n) is 4.67. The lowest BCUT2D eigenvalue weighted by Crippen LogP contribution is -2.63. The number of hydrogen-bond acceptors (Lipinski definition) is 4. The summed E-state index contributed by atoms with van der Waals surface area (Å²) in [5.41, 5.74) is 1.76. The van der Waals surface area contributed by atoms with E-state index in [1.165, 1.54) is 4.90 Å². The van der Waals surface area contributed by atoms with Gasteiger partial charge in [0.2, 0.25) is 11.8 Å². The van der Waals surface area contributed by atoms with Gasteiger partial charge in [0.1, 0.15) is 18.0 Å². The summed E-state index contributed by atoms with van der Waals surface area (Å²) in [4.78, 5) is 42.4. The summed E-state index contributed by atoms with van der Waals surface area (Å²) in [6, 6.07) is 21.8. The zero-order chi connectivity index (χ0) is 23.9. The highest BCUT2D eigenvalue weighted by Gasteiger charge is 2.53. The molecule has 0 radical (unpaired) electrons. The summed E-state index contributed by atoms with van der Waals surface area (Å²) in [5.74, 6) is 0.475. The molecule has 0 aromatic heterocycles. The van der Waals surface area contributed by atoms with E-state index in [1.807, 2.05) is 50.2 Å². The average Bonchev–Trinajstić information content (AvgIpc) is 3.14. The summed E-state index contributed by atoms with van der Waals surface area (Å²) in [5, 5.41) is 2.88. The van der Waals surface area contributed by atoms with Gasteiger partial charge < -0.3 is 15.0 Å². The van der Waals surface area contributed by atoms with E-state index in [-0.39, 0.29) is 24.3 Å². The van der Waals surface area contributed by atoms with Gasteiger partial charge in [0.15, 0.2) is 5.75 Å². The Hall–Kier alpha value is -4.13. The molecule has 3 amide bonds. The predicted octanol–water partition coefficient (Wildman–Crippen LogP) is 4.72. The fourth-order valence-corrected chi connectivity index (χ4v) is 4.67. The number of benzene rings is 3. The minimum atomic E-state index is -0.891. The SMILES string of the molecule is Cc1ccc(Oc2ccccc2NC(=O)CN2C(=O)c3ccccc3N3C(=O)CCC23C)cc1. The molecule has 5 rings (SSSR count). The summed E-state index contributed by atoms with van der Waals surface area (Å²) in [6.45, 7) is 3.65. The molecule has 3 aromatic rings. The molecule has 0 spiro atoms. The lowest BCUT2D eigenvalue weighted by molar-refractivity contribution is -0.120. The number of para-hydroxylation sites is 3. The quantitative estimate of drug-likeness (QED) is 0.604. The van der Waals surface area contributed by atoms with Crippen LogP contribution in [-0.4, -0.2) is 34.8 Å². The molecule has 3 aromatic carbocycles. The Morgan fingerprint density at radius 3 is 2.50 bits per heavy atom. The molecule has 0 bridgehead atoms. The number of fused-ring (bicyclic) bond motifs is 3. The first-order valence-corrected chi connectivity index (χ1v) is 11.2. The first kappa shape index (κ1) is 21.7. The van der Waals surface area contributed by atoms with Gasteiger partial charge >= 0.3 is 0 Å². The number of nitrogens with one attached hydrogen (secondary N) is 1. The lowest BCUT2D eigenvalue weighted by atomic mass is 9.98. The van der Waals surface area contributed by atoms with Crippen LogP contribution in [0.15, 0.2) is 72.8 Å². The molecular weight excluding hydrogens is 430 g/mol. The van der Waals surface area contributed by atoms with Crippen LogP contribution in [0.2, 0.25) is 0 Å². The van der Waals surface area contributed by atoms with Crippen LogP contribution in [0.4, 0.5) is 11.4 Å². The van der Waals surface area contributed by atoms with Crippen molar-refractivity contribution < 1.29 is 19.1 Å². The zero-order valence-electron chi connectivity index (χ0n) is 19.1. The van der Waals surface area contributed by atoms with Crippen LogP contribution in [0.3, 0.4) is 0 Å². The molecule has 1 atom stereocenters. The van der Waals surface area contributed by atoms with Gasteiger partial charge in [-0.1, -0.05) is 42.0 Å². The minimum Gasteiger partial charge on any atom is -0.455 e. The third-order valence-corrected chi connectivity index (χ3v) is 6.46. The number of carbonyl (C=O) groups is 3. The second kappa shape index (κ2) is 8.33. The van der Waals surface area contributed by atoms with E-state index in [9.17, 15) is 14.4 Å². The van der Waals surface area contributed by atoms with Gasteiger partial charge in [-0.15, -0.1) is 0 Å².